The number of ether oxygens (including phenoxy) is 1. The number of hydrogen-bond donors (Lipinski definition) is 1. The second-order valence-corrected chi connectivity index (χ2v) is 7.98. The molecular formula is C23H31F2N5O2. The smallest absolute Gasteiger partial charge is 0.387 e. The van der Waals surface area contributed by atoms with Gasteiger partial charge in [0.15, 0.2) is 6.29 Å². The van der Waals surface area contributed by atoms with Gasteiger partial charge in [0.1, 0.15) is 17.0 Å². The number of rotatable bonds is 8. The molecular weight excluding hydrogens is 416 g/mol. The number of nitrogens with one attached hydrogen (secondary N) is 1. The number of aldehydes is 1. The molecule has 0 saturated heterocycles. The minimum atomic E-state index is -2.93. The zero-order valence-corrected chi connectivity index (χ0v) is 19.3. The normalized spacial score (nSPS) is 12.2. The molecule has 0 aliphatic rings. The number of aromatic nitrogens is 4. The van der Waals surface area contributed by atoms with Gasteiger partial charge in [-0.1, -0.05) is 20.8 Å². The molecule has 1 unspecified atom stereocenters. The third-order valence-corrected chi connectivity index (χ3v) is 5.02. The van der Waals surface area contributed by atoms with Crippen LogP contribution in [0.15, 0.2) is 30.7 Å². The summed E-state index contributed by atoms with van der Waals surface area (Å²) in [5, 5.41) is 7.76. The minimum Gasteiger partial charge on any atom is -0.433 e. The molecule has 0 radical (unpaired) electrons. The second kappa shape index (κ2) is 11.6. The molecule has 3 heterocycles. The van der Waals surface area contributed by atoms with E-state index in [0.29, 0.717) is 40.2 Å². The van der Waals surface area contributed by atoms with Gasteiger partial charge in [-0.3, -0.25) is 19.4 Å². The maximum absolute atomic E-state index is 12.4. The van der Waals surface area contributed by atoms with Crippen molar-refractivity contribution in [1.29, 1.82) is 0 Å². The Morgan fingerprint density at radius 2 is 1.88 bits per heavy atom. The highest BCUT2D eigenvalue weighted by molar-refractivity contribution is 5.92. The number of carbonyl (C=O) groups is 1. The molecule has 1 N–H and O–H groups in total. The molecule has 0 aromatic carbocycles. The average Bonchev–Trinajstić information content (AvgIpc) is 3.13. The van der Waals surface area contributed by atoms with E-state index in [-0.39, 0.29) is 11.8 Å². The standard InChI is InChI=1S/C16H14F2N4O2.C7H17N/c1-9(2)22-13-3-10(8-23)5-20-15(13)14(21-22)11-4-12(7-19-6-11)24-16(17)18;1-5-7(8-4)6(2)3/h3-9,16H,1-2H3;6-8H,5H2,1-4H3. The van der Waals surface area contributed by atoms with E-state index in [2.05, 4.69) is 45.9 Å². The van der Waals surface area contributed by atoms with Crippen LogP contribution in [0.3, 0.4) is 0 Å². The van der Waals surface area contributed by atoms with E-state index < -0.39 is 6.61 Å². The predicted molar refractivity (Wildman–Crippen MR) is 121 cm³/mol. The largest absolute Gasteiger partial charge is 0.433 e. The van der Waals surface area contributed by atoms with Gasteiger partial charge in [0.2, 0.25) is 0 Å². The van der Waals surface area contributed by atoms with E-state index in [9.17, 15) is 13.6 Å². The van der Waals surface area contributed by atoms with Crippen LogP contribution in [0.4, 0.5) is 8.78 Å². The van der Waals surface area contributed by atoms with E-state index >= 15 is 0 Å². The SMILES string of the molecule is CC(C)n1nc(-c2cncc(OC(F)F)c2)c2ncc(C=O)cc21.CCC(NC)C(C)C. The number of nitrogens with zero attached hydrogens (tertiary/aromatic N) is 4. The molecule has 0 aliphatic carbocycles. The van der Waals surface area contributed by atoms with Crippen LogP contribution in [0.25, 0.3) is 22.3 Å². The van der Waals surface area contributed by atoms with Gasteiger partial charge >= 0.3 is 6.61 Å². The number of halogens is 2. The molecule has 32 heavy (non-hydrogen) atoms. The first kappa shape index (κ1) is 25.3. The number of hydrogen-bond acceptors (Lipinski definition) is 6. The van der Waals surface area contributed by atoms with Crippen LogP contribution in [0.2, 0.25) is 0 Å². The molecule has 0 fully saturated rings. The van der Waals surface area contributed by atoms with Crippen molar-refractivity contribution in [3.63, 3.8) is 0 Å². The van der Waals surface area contributed by atoms with Crippen LogP contribution in [0.1, 0.15) is 57.4 Å². The molecule has 174 valence electrons. The molecule has 7 nitrogen and oxygen atoms in total. The summed E-state index contributed by atoms with van der Waals surface area (Å²) in [5.41, 5.74) is 2.67. The Balaban J connectivity index is 0.000000390. The van der Waals surface area contributed by atoms with Gasteiger partial charge in [0.25, 0.3) is 0 Å². The molecule has 0 amide bonds. The Hall–Kier alpha value is -2.94. The monoisotopic (exact) mass is 447 g/mol. The molecule has 3 aromatic heterocycles. The summed E-state index contributed by atoms with van der Waals surface area (Å²) in [4.78, 5) is 19.2. The van der Waals surface area contributed by atoms with Crippen molar-refractivity contribution >= 4 is 17.3 Å². The third kappa shape index (κ3) is 6.29. The van der Waals surface area contributed by atoms with Crippen LogP contribution < -0.4 is 10.1 Å². The molecule has 0 aliphatic heterocycles. The van der Waals surface area contributed by atoms with Crippen molar-refractivity contribution in [3.8, 4) is 17.0 Å². The van der Waals surface area contributed by atoms with Crippen molar-refractivity contribution in [2.24, 2.45) is 5.92 Å². The van der Waals surface area contributed by atoms with Crippen molar-refractivity contribution in [2.75, 3.05) is 7.05 Å². The number of fused-ring (bicyclic) bond motifs is 1. The fourth-order valence-electron chi connectivity index (χ4n) is 3.41. The second-order valence-electron chi connectivity index (χ2n) is 7.98. The Labute approximate surface area is 187 Å². The van der Waals surface area contributed by atoms with E-state index in [0.717, 1.165) is 5.92 Å². The quantitative estimate of drug-likeness (QED) is 0.482. The zero-order valence-electron chi connectivity index (χ0n) is 19.3. The summed E-state index contributed by atoms with van der Waals surface area (Å²) in [6.07, 6.45) is 6.09. The van der Waals surface area contributed by atoms with E-state index in [1.165, 1.54) is 31.1 Å². The van der Waals surface area contributed by atoms with Gasteiger partial charge < -0.3 is 10.1 Å². The Kier molecular flexibility index (Phi) is 9.19. The summed E-state index contributed by atoms with van der Waals surface area (Å²) in [6.45, 7) is 7.65. The lowest BCUT2D eigenvalue weighted by molar-refractivity contribution is -0.0500. The first-order valence-electron chi connectivity index (χ1n) is 10.6. The highest BCUT2D eigenvalue weighted by Crippen LogP contribution is 2.30. The summed E-state index contributed by atoms with van der Waals surface area (Å²) in [5.74, 6) is 0.712. The Bertz CT molecular complexity index is 1020. The van der Waals surface area contributed by atoms with Crippen molar-refractivity contribution in [1.82, 2.24) is 25.1 Å². The van der Waals surface area contributed by atoms with Crippen molar-refractivity contribution in [3.05, 3.63) is 36.3 Å². The van der Waals surface area contributed by atoms with E-state index in [1.54, 1.807) is 10.7 Å². The Morgan fingerprint density at radius 3 is 2.38 bits per heavy atom. The van der Waals surface area contributed by atoms with Crippen LogP contribution >= 0.6 is 0 Å². The highest BCUT2D eigenvalue weighted by atomic mass is 19.3. The van der Waals surface area contributed by atoms with Crippen molar-refractivity contribution in [2.45, 2.75) is 59.7 Å². The van der Waals surface area contributed by atoms with Crippen LogP contribution in [0, 0.1) is 5.92 Å². The maximum Gasteiger partial charge on any atom is 0.387 e. The van der Waals surface area contributed by atoms with Crippen LogP contribution in [0.5, 0.6) is 5.75 Å². The first-order valence-corrected chi connectivity index (χ1v) is 10.6. The average molecular weight is 448 g/mol. The topological polar surface area (TPSA) is 81.9 Å². The van der Waals surface area contributed by atoms with Crippen LogP contribution in [-0.4, -0.2) is 45.7 Å². The van der Waals surface area contributed by atoms with Gasteiger partial charge in [0, 0.05) is 35.6 Å². The number of alkyl halides is 2. The summed E-state index contributed by atoms with van der Waals surface area (Å²) in [7, 11) is 2.02. The van der Waals surface area contributed by atoms with E-state index in [1.807, 2.05) is 20.9 Å². The lowest BCUT2D eigenvalue weighted by Gasteiger charge is -2.16. The maximum atomic E-state index is 12.4. The molecule has 3 aromatic rings. The molecule has 1 atom stereocenters. The summed E-state index contributed by atoms with van der Waals surface area (Å²) < 4.78 is 30.9. The first-order chi connectivity index (χ1) is 15.2. The zero-order chi connectivity index (χ0) is 23.8. The van der Waals surface area contributed by atoms with E-state index in [4.69, 9.17) is 0 Å². The predicted octanol–water partition coefficient (Wildman–Crippen LogP) is 5.13. The molecule has 3 rings (SSSR count). The van der Waals surface area contributed by atoms with Crippen LogP contribution in [-0.2, 0) is 0 Å². The molecule has 0 bridgehead atoms. The third-order valence-electron chi connectivity index (χ3n) is 5.02. The molecule has 0 spiro atoms. The van der Waals surface area contributed by atoms with Gasteiger partial charge in [-0.15, -0.1) is 0 Å². The lowest BCUT2D eigenvalue weighted by Crippen LogP contribution is -2.29. The van der Waals surface area contributed by atoms with Crippen molar-refractivity contribution < 1.29 is 18.3 Å². The summed E-state index contributed by atoms with van der Waals surface area (Å²) in [6, 6.07) is 3.85. The van der Waals surface area contributed by atoms with Gasteiger partial charge in [-0.2, -0.15) is 13.9 Å². The molecule has 9 heteroatoms. The Morgan fingerprint density at radius 1 is 1.16 bits per heavy atom. The van der Waals surface area contributed by atoms with Gasteiger partial charge in [0.05, 0.1) is 11.7 Å². The number of pyridine rings is 2. The lowest BCUT2D eigenvalue weighted by atomic mass is 10.0. The number of carbonyl (C=O) groups excluding carboxylic acids is 1. The fraction of sp³-hybridized carbons (Fsp3) is 0.478. The highest BCUT2D eigenvalue weighted by Gasteiger charge is 2.17. The summed E-state index contributed by atoms with van der Waals surface area (Å²) >= 11 is 0. The van der Waals surface area contributed by atoms with Gasteiger partial charge in [-0.25, -0.2) is 0 Å². The minimum absolute atomic E-state index is 0.0263. The fourth-order valence-corrected chi connectivity index (χ4v) is 3.41. The molecule has 0 saturated carbocycles. The van der Waals surface area contributed by atoms with Gasteiger partial charge in [-0.05, 0) is 45.4 Å².